The third-order valence-corrected chi connectivity index (χ3v) is 5.20. The Morgan fingerprint density at radius 2 is 2.12 bits per heavy atom. The van der Waals surface area contributed by atoms with Crippen molar-refractivity contribution < 1.29 is 14.3 Å². The zero-order chi connectivity index (χ0) is 17.6. The fourth-order valence-electron chi connectivity index (χ4n) is 3.91. The molecule has 2 aliphatic heterocycles. The van der Waals surface area contributed by atoms with E-state index in [0.717, 1.165) is 16.9 Å². The highest BCUT2D eigenvalue weighted by molar-refractivity contribution is 5.79. The van der Waals surface area contributed by atoms with Gasteiger partial charge < -0.3 is 19.1 Å². The van der Waals surface area contributed by atoms with Gasteiger partial charge in [-0.2, -0.15) is 0 Å². The summed E-state index contributed by atoms with van der Waals surface area (Å²) in [6.07, 6.45) is 0.831. The number of ether oxygens (including phenoxy) is 1. The molecule has 1 spiro atoms. The monoisotopic (exact) mass is 342 g/mol. The Bertz CT molecular complexity index is 846. The van der Waals surface area contributed by atoms with Gasteiger partial charge in [-0.3, -0.25) is 4.79 Å². The fourth-order valence-corrected chi connectivity index (χ4v) is 3.91. The Balaban J connectivity index is 1.41. The summed E-state index contributed by atoms with van der Waals surface area (Å²) in [7, 11) is 1.73. The molecule has 25 heavy (non-hydrogen) atoms. The molecule has 3 heterocycles. The van der Waals surface area contributed by atoms with Crippen molar-refractivity contribution in [3.63, 3.8) is 0 Å². The molecule has 1 atom stereocenters. The summed E-state index contributed by atoms with van der Waals surface area (Å²) in [5, 5.41) is 0. The number of aromatic nitrogens is 2. The molecule has 2 aliphatic rings. The first-order chi connectivity index (χ1) is 12.0. The molecule has 2 fully saturated rings. The molecule has 2 amide bonds. The van der Waals surface area contributed by atoms with E-state index in [1.165, 1.54) is 0 Å². The lowest BCUT2D eigenvalue weighted by atomic mass is 10.0. The second kappa shape index (κ2) is 5.75. The number of carbonyl (C=O) groups is 2. The van der Waals surface area contributed by atoms with Gasteiger partial charge >= 0.3 is 6.09 Å². The van der Waals surface area contributed by atoms with E-state index >= 15 is 0 Å². The number of imidazole rings is 1. The second-order valence-corrected chi connectivity index (χ2v) is 7.02. The van der Waals surface area contributed by atoms with Crippen LogP contribution in [-0.4, -0.2) is 63.6 Å². The predicted molar refractivity (Wildman–Crippen MR) is 92.1 cm³/mol. The van der Waals surface area contributed by atoms with Gasteiger partial charge in [0.1, 0.15) is 5.82 Å². The number of hydrogen-bond acceptors (Lipinski definition) is 4. The molecule has 0 bridgehead atoms. The lowest BCUT2D eigenvalue weighted by Crippen LogP contribution is -2.39. The average Bonchev–Trinajstić information content (AvgIpc) is 3.21. The molecule has 2 aromatic rings. The molecule has 132 valence electrons. The number of aryl methyl sites for hydroxylation is 2. The van der Waals surface area contributed by atoms with E-state index in [2.05, 4.69) is 9.55 Å². The van der Waals surface area contributed by atoms with Gasteiger partial charge in [0.05, 0.1) is 24.1 Å². The predicted octanol–water partition coefficient (Wildman–Crippen LogP) is 1.79. The number of fused-ring (bicyclic) bond motifs is 1. The van der Waals surface area contributed by atoms with Crippen LogP contribution >= 0.6 is 0 Å². The summed E-state index contributed by atoms with van der Waals surface area (Å²) in [5.41, 5.74) is 1.49. The van der Waals surface area contributed by atoms with E-state index in [1.807, 2.05) is 36.1 Å². The molecule has 0 aliphatic carbocycles. The number of carbonyl (C=O) groups excluding carboxylic acids is 2. The van der Waals surface area contributed by atoms with Crippen molar-refractivity contribution >= 4 is 23.0 Å². The molecule has 1 aromatic heterocycles. The van der Waals surface area contributed by atoms with Crippen LogP contribution in [0.5, 0.6) is 0 Å². The number of para-hydroxylation sites is 2. The lowest BCUT2D eigenvalue weighted by molar-refractivity contribution is -0.131. The SMILES string of the molecule is Cc1nc2ccccc2n1CCC(=O)N1CCC2(CN(C)C(=O)O2)C1. The molecular formula is C18H22N4O3. The van der Waals surface area contributed by atoms with E-state index in [1.54, 1.807) is 11.9 Å². The van der Waals surface area contributed by atoms with E-state index in [9.17, 15) is 9.59 Å². The summed E-state index contributed by atoms with van der Waals surface area (Å²) < 4.78 is 7.59. The maximum Gasteiger partial charge on any atom is 0.410 e. The summed E-state index contributed by atoms with van der Waals surface area (Å²) >= 11 is 0. The van der Waals surface area contributed by atoms with Gasteiger partial charge in [-0.15, -0.1) is 0 Å². The summed E-state index contributed by atoms with van der Waals surface area (Å²) in [5.74, 6) is 1.01. The molecule has 4 rings (SSSR count). The van der Waals surface area contributed by atoms with Crippen LogP contribution in [-0.2, 0) is 16.1 Å². The maximum atomic E-state index is 12.6. The maximum absolute atomic E-state index is 12.6. The minimum absolute atomic E-state index is 0.0969. The Morgan fingerprint density at radius 1 is 1.32 bits per heavy atom. The molecule has 0 saturated carbocycles. The summed E-state index contributed by atoms with van der Waals surface area (Å²) in [6, 6.07) is 7.96. The minimum atomic E-state index is -0.515. The average molecular weight is 342 g/mol. The third-order valence-electron chi connectivity index (χ3n) is 5.20. The number of rotatable bonds is 3. The molecular weight excluding hydrogens is 320 g/mol. The first-order valence-electron chi connectivity index (χ1n) is 8.61. The van der Waals surface area contributed by atoms with Gasteiger partial charge in [0.15, 0.2) is 5.60 Å². The van der Waals surface area contributed by atoms with E-state index in [0.29, 0.717) is 39.0 Å². The van der Waals surface area contributed by atoms with Crippen LogP contribution in [0, 0.1) is 6.92 Å². The van der Waals surface area contributed by atoms with Crippen LogP contribution in [0.4, 0.5) is 4.79 Å². The molecule has 0 N–H and O–H groups in total. The Morgan fingerprint density at radius 3 is 2.88 bits per heavy atom. The summed E-state index contributed by atoms with van der Waals surface area (Å²) in [6.45, 7) is 4.26. The normalized spacial score (nSPS) is 23.0. The van der Waals surface area contributed by atoms with E-state index in [-0.39, 0.29) is 12.0 Å². The van der Waals surface area contributed by atoms with Crippen molar-refractivity contribution in [2.24, 2.45) is 0 Å². The molecule has 1 aromatic carbocycles. The van der Waals surface area contributed by atoms with E-state index in [4.69, 9.17) is 4.74 Å². The zero-order valence-electron chi connectivity index (χ0n) is 14.6. The van der Waals surface area contributed by atoms with Gasteiger partial charge in [-0.25, -0.2) is 9.78 Å². The second-order valence-electron chi connectivity index (χ2n) is 7.02. The molecule has 7 heteroatoms. The van der Waals surface area contributed by atoms with Crippen LogP contribution in [0.15, 0.2) is 24.3 Å². The first-order valence-corrected chi connectivity index (χ1v) is 8.61. The standard InChI is InChI=1S/C18H22N4O3/c1-13-19-14-5-3-4-6-15(14)22(13)9-7-16(23)21-10-8-18(12-21)11-20(2)17(24)25-18/h3-6H,7-12H2,1-2H3. The number of likely N-dealkylation sites (tertiary alicyclic amines) is 1. The van der Waals surface area contributed by atoms with Crippen molar-refractivity contribution in [2.45, 2.75) is 31.9 Å². The number of nitrogens with zero attached hydrogens (tertiary/aromatic N) is 4. The van der Waals surface area contributed by atoms with Crippen LogP contribution in [0.1, 0.15) is 18.7 Å². The Hall–Kier alpha value is -2.57. The highest BCUT2D eigenvalue weighted by atomic mass is 16.6. The van der Waals surface area contributed by atoms with Gasteiger partial charge in [0.25, 0.3) is 0 Å². The van der Waals surface area contributed by atoms with Crippen LogP contribution in [0.25, 0.3) is 11.0 Å². The number of hydrogen-bond donors (Lipinski definition) is 0. The van der Waals surface area contributed by atoms with Crippen molar-refractivity contribution in [1.82, 2.24) is 19.4 Å². The highest BCUT2D eigenvalue weighted by Gasteiger charge is 2.49. The largest absolute Gasteiger partial charge is 0.439 e. The number of benzene rings is 1. The molecule has 7 nitrogen and oxygen atoms in total. The summed E-state index contributed by atoms with van der Waals surface area (Å²) in [4.78, 5) is 32.2. The Labute approximate surface area is 146 Å². The quantitative estimate of drug-likeness (QED) is 0.853. The molecule has 0 radical (unpaired) electrons. The van der Waals surface area contributed by atoms with Gasteiger partial charge in [-0.05, 0) is 19.1 Å². The van der Waals surface area contributed by atoms with Crippen LogP contribution in [0.2, 0.25) is 0 Å². The van der Waals surface area contributed by atoms with Crippen LogP contribution in [0.3, 0.4) is 0 Å². The third kappa shape index (κ3) is 2.73. The molecule has 1 unspecified atom stereocenters. The first kappa shape index (κ1) is 15.9. The van der Waals surface area contributed by atoms with Crippen molar-refractivity contribution in [3.05, 3.63) is 30.1 Å². The topological polar surface area (TPSA) is 67.7 Å². The smallest absolute Gasteiger partial charge is 0.410 e. The van der Waals surface area contributed by atoms with Gasteiger partial charge in [0, 0.05) is 33.0 Å². The minimum Gasteiger partial charge on any atom is -0.439 e. The van der Waals surface area contributed by atoms with E-state index < -0.39 is 5.60 Å². The zero-order valence-corrected chi connectivity index (χ0v) is 14.6. The van der Waals surface area contributed by atoms with Crippen molar-refractivity contribution in [1.29, 1.82) is 0 Å². The lowest BCUT2D eigenvalue weighted by Gasteiger charge is -2.22. The fraction of sp³-hybridized carbons (Fsp3) is 0.500. The van der Waals surface area contributed by atoms with Gasteiger partial charge in [-0.1, -0.05) is 12.1 Å². The number of likely N-dealkylation sites (N-methyl/N-ethyl adjacent to an activating group) is 1. The molecule has 2 saturated heterocycles. The van der Waals surface area contributed by atoms with Crippen molar-refractivity contribution in [2.75, 3.05) is 26.7 Å². The van der Waals surface area contributed by atoms with Crippen molar-refractivity contribution in [3.8, 4) is 0 Å². The van der Waals surface area contributed by atoms with Gasteiger partial charge in [0.2, 0.25) is 5.91 Å². The highest BCUT2D eigenvalue weighted by Crippen LogP contribution is 2.32. The number of amides is 2. The van der Waals surface area contributed by atoms with Crippen LogP contribution < -0.4 is 0 Å². The Kier molecular flexibility index (Phi) is 3.67.